The number of aliphatic carboxylic acids is 1. The van der Waals surface area contributed by atoms with Crippen molar-refractivity contribution in [1.29, 1.82) is 0 Å². The van der Waals surface area contributed by atoms with Crippen LogP contribution in [-0.4, -0.2) is 41.4 Å². The first-order valence-corrected chi connectivity index (χ1v) is 6.29. The van der Waals surface area contributed by atoms with Gasteiger partial charge in [0.25, 0.3) is 5.91 Å². The molecule has 0 unspecified atom stereocenters. The first-order valence-electron chi connectivity index (χ1n) is 5.53. The smallest absolute Gasteiger partial charge is 0.416 e. The highest BCUT2D eigenvalue weighted by atomic mass is 35.5. The van der Waals surface area contributed by atoms with E-state index >= 15 is 0 Å². The van der Waals surface area contributed by atoms with Crippen molar-refractivity contribution in [3.8, 4) is 0 Å². The molecule has 11 heteroatoms. The average Bonchev–Trinajstić information content (AvgIpc) is 2.45. The molecule has 0 heterocycles. The number of rotatable bonds is 3. The lowest BCUT2D eigenvalue weighted by molar-refractivity contribution is -0.145. The lowest BCUT2D eigenvalue weighted by Gasteiger charge is -2.15. The van der Waals surface area contributed by atoms with E-state index in [9.17, 15) is 27.6 Å². The molecular weight excluding hydrogens is 366 g/mol. The predicted molar refractivity (Wildman–Crippen MR) is 74.1 cm³/mol. The number of carbonyl (C=O) groups excluding carboxylic acids is 2. The van der Waals surface area contributed by atoms with Gasteiger partial charge in [-0.15, -0.1) is 0 Å². The van der Waals surface area contributed by atoms with Crippen LogP contribution in [0.1, 0.15) is 15.9 Å². The third kappa shape index (κ3) is 6.85. The van der Waals surface area contributed by atoms with Crippen LogP contribution in [0.4, 0.5) is 13.2 Å². The molecule has 6 nitrogen and oxygen atoms in total. The number of carboxylic acids is 1. The van der Waals surface area contributed by atoms with Crippen molar-refractivity contribution in [2.75, 3.05) is 14.2 Å². The van der Waals surface area contributed by atoms with Gasteiger partial charge >= 0.3 is 17.4 Å². The monoisotopic (exact) mass is 375 g/mol. The molecule has 0 radical (unpaired) electrons. The maximum atomic E-state index is 12.3. The largest absolute Gasteiger partial charge is 0.475 e. The summed E-state index contributed by atoms with van der Waals surface area (Å²) in [6.07, 6.45) is -4.49. The van der Waals surface area contributed by atoms with E-state index in [0.717, 1.165) is 17.2 Å². The predicted octanol–water partition coefficient (Wildman–Crippen LogP) is 2.83. The van der Waals surface area contributed by atoms with Gasteiger partial charge in [0.05, 0.1) is 23.3 Å². The first kappa shape index (κ1) is 21.2. The summed E-state index contributed by atoms with van der Waals surface area (Å²) in [6.45, 7) is 0. The van der Waals surface area contributed by atoms with Crippen LogP contribution in [0.15, 0.2) is 18.2 Å². The number of hydrogen-bond acceptors (Lipinski definition) is 4. The maximum Gasteiger partial charge on any atom is 0.416 e. The first-order chi connectivity index (χ1) is 10.4. The van der Waals surface area contributed by atoms with Crippen molar-refractivity contribution in [2.24, 2.45) is 0 Å². The molecule has 0 saturated carbocycles. The van der Waals surface area contributed by atoms with Gasteiger partial charge in [0.1, 0.15) is 0 Å². The van der Waals surface area contributed by atoms with E-state index in [-0.39, 0.29) is 10.6 Å². The highest BCUT2D eigenvalue weighted by Crippen LogP contribution is 2.32. The molecule has 0 atom stereocenters. The number of hydrogen-bond donors (Lipinski definition) is 1. The molecular formula is C12H10Cl2F3NO5. The number of amides is 1. The van der Waals surface area contributed by atoms with Gasteiger partial charge in [0, 0.05) is 7.05 Å². The minimum absolute atomic E-state index is 0.0518. The maximum absolute atomic E-state index is 12.3. The Morgan fingerprint density at radius 1 is 1.26 bits per heavy atom. The summed E-state index contributed by atoms with van der Waals surface area (Å²) in [7, 11) is 2.59. The SMILES string of the molecule is CON(C)C(=O)c1ccc(C(F)(F)F)cc1Cl.O=C(O)C(=O)Cl. The lowest BCUT2D eigenvalue weighted by atomic mass is 10.1. The van der Waals surface area contributed by atoms with Gasteiger partial charge in [-0.05, 0) is 29.8 Å². The van der Waals surface area contributed by atoms with E-state index in [1.165, 1.54) is 14.2 Å². The van der Waals surface area contributed by atoms with Gasteiger partial charge in [0.2, 0.25) is 0 Å². The zero-order valence-corrected chi connectivity index (χ0v) is 13.2. The van der Waals surface area contributed by atoms with E-state index in [0.29, 0.717) is 6.07 Å². The molecule has 0 bridgehead atoms. The summed E-state index contributed by atoms with van der Waals surface area (Å²) in [5.74, 6) is -2.23. The van der Waals surface area contributed by atoms with Gasteiger partial charge in [-0.2, -0.15) is 13.2 Å². The topological polar surface area (TPSA) is 83.9 Å². The van der Waals surface area contributed by atoms with E-state index in [1.807, 2.05) is 0 Å². The van der Waals surface area contributed by atoms with Crippen molar-refractivity contribution in [3.05, 3.63) is 34.3 Å². The Hall–Kier alpha value is -1.84. The zero-order valence-electron chi connectivity index (χ0n) is 11.6. The average molecular weight is 376 g/mol. The van der Waals surface area contributed by atoms with Gasteiger partial charge in [-0.1, -0.05) is 11.6 Å². The third-order valence-electron chi connectivity index (χ3n) is 2.25. The van der Waals surface area contributed by atoms with Gasteiger partial charge < -0.3 is 5.11 Å². The van der Waals surface area contributed by atoms with Gasteiger partial charge in [-0.3, -0.25) is 14.4 Å². The summed E-state index contributed by atoms with van der Waals surface area (Å²) in [5.41, 5.74) is -0.955. The molecule has 128 valence electrons. The molecule has 0 aliphatic rings. The molecule has 1 aromatic rings. The molecule has 23 heavy (non-hydrogen) atoms. The number of carboxylic acid groups (broad SMARTS) is 1. The molecule has 1 N–H and O–H groups in total. The number of halogens is 5. The molecule has 1 rings (SSSR count). The van der Waals surface area contributed by atoms with E-state index in [2.05, 4.69) is 16.4 Å². The molecule has 0 aliphatic heterocycles. The van der Waals surface area contributed by atoms with Crippen LogP contribution in [0.2, 0.25) is 5.02 Å². The minimum Gasteiger partial charge on any atom is -0.475 e. The van der Waals surface area contributed by atoms with E-state index in [1.54, 1.807) is 0 Å². The van der Waals surface area contributed by atoms with Crippen LogP contribution in [0.3, 0.4) is 0 Å². The normalized spacial score (nSPS) is 10.4. The molecule has 0 saturated heterocycles. The zero-order chi connectivity index (χ0) is 18.4. The van der Waals surface area contributed by atoms with Crippen molar-refractivity contribution in [1.82, 2.24) is 5.06 Å². The molecule has 0 fully saturated rings. The second kappa shape index (κ2) is 8.70. The second-order valence-electron chi connectivity index (χ2n) is 3.76. The van der Waals surface area contributed by atoms with Crippen LogP contribution >= 0.6 is 23.2 Å². The standard InChI is InChI=1S/C10H9ClF3NO2.C2HClO3/c1-15(17-2)9(16)7-4-3-6(5-8(7)11)10(12,13)14;3-1(4)2(5)6/h3-5H,1-2H3;(H,5,6). The molecule has 0 aliphatic carbocycles. The summed E-state index contributed by atoms with van der Waals surface area (Å²) in [5, 5.41) is 6.76. The van der Waals surface area contributed by atoms with Crippen LogP contribution in [-0.2, 0) is 20.6 Å². The Balaban J connectivity index is 0.000000688. The Morgan fingerprint density at radius 3 is 2.04 bits per heavy atom. The fourth-order valence-corrected chi connectivity index (χ4v) is 1.38. The molecule has 0 spiro atoms. The molecule has 1 aromatic carbocycles. The Morgan fingerprint density at radius 2 is 1.74 bits per heavy atom. The van der Waals surface area contributed by atoms with Crippen molar-refractivity contribution in [3.63, 3.8) is 0 Å². The Labute approximate surface area is 138 Å². The van der Waals surface area contributed by atoms with Crippen molar-refractivity contribution in [2.45, 2.75) is 6.18 Å². The van der Waals surface area contributed by atoms with Crippen LogP contribution < -0.4 is 0 Å². The minimum atomic E-state index is -4.49. The van der Waals surface area contributed by atoms with Crippen molar-refractivity contribution >= 4 is 40.3 Å². The van der Waals surface area contributed by atoms with Crippen LogP contribution in [0, 0.1) is 0 Å². The van der Waals surface area contributed by atoms with Gasteiger partial charge in [-0.25, -0.2) is 9.86 Å². The van der Waals surface area contributed by atoms with Crippen LogP contribution in [0.5, 0.6) is 0 Å². The summed E-state index contributed by atoms with van der Waals surface area (Å²) >= 11 is 10.0. The molecule has 1 amide bonds. The number of carbonyl (C=O) groups is 3. The van der Waals surface area contributed by atoms with E-state index < -0.39 is 28.9 Å². The summed E-state index contributed by atoms with van der Waals surface area (Å²) in [6, 6.07) is 2.52. The fourth-order valence-electron chi connectivity index (χ4n) is 1.12. The van der Waals surface area contributed by atoms with E-state index in [4.69, 9.17) is 16.7 Å². The summed E-state index contributed by atoms with van der Waals surface area (Å²) in [4.78, 5) is 34.7. The highest BCUT2D eigenvalue weighted by molar-refractivity contribution is 6.79. The number of benzene rings is 1. The van der Waals surface area contributed by atoms with Gasteiger partial charge in [0.15, 0.2) is 0 Å². The Bertz CT molecular complexity index is 595. The number of alkyl halides is 3. The quantitative estimate of drug-likeness (QED) is 0.498. The third-order valence-corrected chi connectivity index (χ3v) is 2.73. The number of nitrogens with zero attached hydrogens (tertiary/aromatic N) is 1. The number of hydroxylamine groups is 2. The fraction of sp³-hybridized carbons (Fsp3) is 0.250. The van der Waals surface area contributed by atoms with Crippen LogP contribution in [0.25, 0.3) is 0 Å². The lowest BCUT2D eigenvalue weighted by Crippen LogP contribution is -2.25. The second-order valence-corrected chi connectivity index (χ2v) is 4.51. The Kier molecular flexibility index (Phi) is 8.01. The van der Waals surface area contributed by atoms with Crippen molar-refractivity contribution < 1.29 is 37.5 Å². The molecule has 0 aromatic heterocycles. The summed E-state index contributed by atoms with van der Waals surface area (Å²) < 4.78 is 37.0. The highest BCUT2D eigenvalue weighted by Gasteiger charge is 2.31.